The summed E-state index contributed by atoms with van der Waals surface area (Å²) in [6, 6.07) is 23.1. The molecule has 0 atom stereocenters. The van der Waals surface area contributed by atoms with Crippen LogP contribution in [0, 0.1) is 0 Å². The molecule has 0 fully saturated rings. The summed E-state index contributed by atoms with van der Waals surface area (Å²) in [5.41, 5.74) is 2.01. The van der Waals surface area contributed by atoms with E-state index in [-0.39, 0.29) is 23.8 Å². The second kappa shape index (κ2) is 12.2. The van der Waals surface area contributed by atoms with Crippen LogP contribution in [0.5, 0.6) is 5.75 Å². The average Bonchev–Trinajstić information content (AvgIpc) is 3.36. The second-order valence-corrected chi connectivity index (χ2v) is 10.8. The van der Waals surface area contributed by atoms with Gasteiger partial charge in [-0.05, 0) is 53.6 Å². The molecule has 4 rings (SSSR count). The van der Waals surface area contributed by atoms with Gasteiger partial charge < -0.3 is 15.0 Å². The van der Waals surface area contributed by atoms with Crippen molar-refractivity contribution in [1.29, 1.82) is 0 Å². The van der Waals surface area contributed by atoms with Gasteiger partial charge >= 0.3 is 0 Å². The number of unbranched alkanes of at least 4 members (excludes halogenated alkanes) is 2. The zero-order chi connectivity index (χ0) is 28.0. The summed E-state index contributed by atoms with van der Waals surface area (Å²) < 4.78 is 7.02. The van der Waals surface area contributed by atoms with Crippen LogP contribution >= 0.6 is 0 Å². The molecule has 1 heterocycles. The first-order valence-electron chi connectivity index (χ1n) is 13.5. The summed E-state index contributed by atoms with van der Waals surface area (Å²) >= 11 is 0. The Labute approximate surface area is 230 Å². The van der Waals surface area contributed by atoms with Gasteiger partial charge in [0.05, 0.1) is 18.5 Å². The minimum absolute atomic E-state index is 0.0476. The molecule has 0 radical (unpaired) electrons. The largest absolute Gasteiger partial charge is 0.497 e. The van der Waals surface area contributed by atoms with Gasteiger partial charge in [0.15, 0.2) is 0 Å². The maximum atomic E-state index is 13.6. The Morgan fingerprint density at radius 1 is 0.949 bits per heavy atom. The minimum Gasteiger partial charge on any atom is -0.497 e. The lowest BCUT2D eigenvalue weighted by Crippen LogP contribution is -2.39. The zero-order valence-corrected chi connectivity index (χ0v) is 23.5. The van der Waals surface area contributed by atoms with E-state index in [0.29, 0.717) is 17.9 Å². The molecule has 0 unspecified atom stereocenters. The van der Waals surface area contributed by atoms with Gasteiger partial charge in [0.2, 0.25) is 5.91 Å². The Kier molecular flexibility index (Phi) is 8.69. The third-order valence-corrected chi connectivity index (χ3v) is 6.71. The van der Waals surface area contributed by atoms with Crippen molar-refractivity contribution in [2.45, 2.75) is 52.4 Å². The van der Waals surface area contributed by atoms with E-state index in [0.717, 1.165) is 47.2 Å². The first-order chi connectivity index (χ1) is 18.7. The molecule has 2 amide bonds. The normalized spacial score (nSPS) is 11.4. The number of nitrogens with zero attached hydrogens (tertiary/aromatic N) is 3. The number of hydrogen-bond acceptors (Lipinski definition) is 4. The van der Waals surface area contributed by atoms with E-state index < -0.39 is 0 Å². The molecule has 0 bridgehead atoms. The van der Waals surface area contributed by atoms with Gasteiger partial charge in [-0.2, -0.15) is 5.10 Å². The molecule has 0 spiro atoms. The van der Waals surface area contributed by atoms with Crippen LogP contribution in [-0.2, 0) is 10.2 Å². The molecule has 1 aromatic heterocycles. The van der Waals surface area contributed by atoms with Crippen molar-refractivity contribution in [2.24, 2.45) is 0 Å². The number of nitrogens with one attached hydrogen (secondary N) is 1. The molecule has 0 saturated carbocycles. The fraction of sp³-hybridized carbons (Fsp3) is 0.344. The number of hydrogen-bond donors (Lipinski definition) is 1. The van der Waals surface area contributed by atoms with Gasteiger partial charge in [0.1, 0.15) is 18.1 Å². The van der Waals surface area contributed by atoms with Crippen molar-refractivity contribution >= 4 is 28.4 Å². The molecule has 7 nitrogen and oxygen atoms in total. The van der Waals surface area contributed by atoms with Crippen molar-refractivity contribution < 1.29 is 14.3 Å². The van der Waals surface area contributed by atoms with Gasteiger partial charge in [0.25, 0.3) is 5.91 Å². The van der Waals surface area contributed by atoms with E-state index >= 15 is 0 Å². The predicted octanol–water partition coefficient (Wildman–Crippen LogP) is 6.60. The number of anilines is 1. The van der Waals surface area contributed by atoms with Crippen LogP contribution in [0.3, 0.4) is 0 Å². The molecule has 0 aliphatic heterocycles. The molecule has 204 valence electrons. The highest BCUT2D eigenvalue weighted by Gasteiger charge is 2.23. The molecule has 4 aromatic rings. The number of benzene rings is 3. The molecule has 1 N–H and O–H groups in total. The Hall–Kier alpha value is -4.13. The summed E-state index contributed by atoms with van der Waals surface area (Å²) in [5, 5.41) is 9.89. The molecule has 7 heteroatoms. The lowest BCUT2D eigenvalue weighted by atomic mass is 9.92. The summed E-state index contributed by atoms with van der Waals surface area (Å²) in [5.74, 6) is 0.881. The van der Waals surface area contributed by atoms with Crippen molar-refractivity contribution in [3.05, 3.63) is 84.1 Å². The van der Waals surface area contributed by atoms with Crippen molar-refractivity contribution in [2.75, 3.05) is 25.5 Å². The molecule has 3 aromatic carbocycles. The van der Waals surface area contributed by atoms with Crippen LogP contribution in [0.2, 0.25) is 0 Å². The smallest absolute Gasteiger partial charge is 0.254 e. The van der Waals surface area contributed by atoms with Crippen LogP contribution in [0.1, 0.15) is 63.0 Å². The average molecular weight is 527 g/mol. The molecular weight excluding hydrogens is 488 g/mol. The molecular formula is C32H38N4O3. The lowest BCUT2D eigenvalue weighted by Gasteiger charge is -2.22. The quantitative estimate of drug-likeness (QED) is 0.236. The lowest BCUT2D eigenvalue weighted by molar-refractivity contribution is -0.117. The van der Waals surface area contributed by atoms with E-state index in [2.05, 4.69) is 33.0 Å². The standard InChI is InChI=1S/C32H38N4O3/c1-6-7-10-19-35(31(38)25-14-13-23-11-8-9-12-24(23)20-25)22-30(37)33-29-21-28(32(2,3)4)34-36(29)26-15-17-27(39-5)18-16-26/h8-9,11-18,20-21H,6-7,10,19,22H2,1-5H3,(H,33,37). The highest BCUT2D eigenvalue weighted by atomic mass is 16.5. The first-order valence-corrected chi connectivity index (χ1v) is 13.5. The fourth-order valence-corrected chi connectivity index (χ4v) is 4.42. The number of carbonyl (C=O) groups is 2. The van der Waals surface area contributed by atoms with Crippen LogP contribution in [0.4, 0.5) is 5.82 Å². The maximum Gasteiger partial charge on any atom is 0.254 e. The van der Waals surface area contributed by atoms with E-state index in [9.17, 15) is 9.59 Å². The Morgan fingerprint density at radius 2 is 1.67 bits per heavy atom. The van der Waals surface area contributed by atoms with Crippen molar-refractivity contribution in [3.63, 3.8) is 0 Å². The number of ether oxygens (including phenoxy) is 1. The number of amides is 2. The van der Waals surface area contributed by atoms with Crippen LogP contribution in [0.25, 0.3) is 16.5 Å². The summed E-state index contributed by atoms with van der Waals surface area (Å²) in [4.78, 5) is 28.6. The van der Waals surface area contributed by atoms with E-state index in [1.807, 2.05) is 72.8 Å². The first kappa shape index (κ1) is 27.9. The SMILES string of the molecule is CCCCCN(CC(=O)Nc1cc(C(C)(C)C)nn1-c1ccc(OC)cc1)C(=O)c1ccc2ccccc2c1. The molecule has 0 aliphatic rings. The van der Waals surface area contributed by atoms with Gasteiger partial charge in [0, 0.05) is 23.6 Å². The van der Waals surface area contributed by atoms with Gasteiger partial charge in [-0.3, -0.25) is 9.59 Å². The highest BCUT2D eigenvalue weighted by molar-refractivity contribution is 6.01. The Bertz CT molecular complexity index is 1430. The monoisotopic (exact) mass is 526 g/mol. The minimum atomic E-state index is -0.268. The summed E-state index contributed by atoms with van der Waals surface area (Å²) in [7, 11) is 1.62. The molecule has 0 saturated heterocycles. The maximum absolute atomic E-state index is 13.6. The van der Waals surface area contributed by atoms with Crippen molar-refractivity contribution in [1.82, 2.24) is 14.7 Å². The Balaban J connectivity index is 1.58. The van der Waals surface area contributed by atoms with Crippen LogP contribution < -0.4 is 10.1 Å². The summed E-state index contributed by atoms with van der Waals surface area (Å²) in [6.07, 6.45) is 2.85. The van der Waals surface area contributed by atoms with Crippen molar-refractivity contribution in [3.8, 4) is 11.4 Å². The number of rotatable bonds is 10. The van der Waals surface area contributed by atoms with Crippen LogP contribution in [0.15, 0.2) is 72.8 Å². The number of aromatic nitrogens is 2. The van der Waals surface area contributed by atoms with E-state index in [1.54, 1.807) is 16.7 Å². The van der Waals surface area contributed by atoms with E-state index in [4.69, 9.17) is 9.84 Å². The molecule has 0 aliphatic carbocycles. The zero-order valence-electron chi connectivity index (χ0n) is 23.5. The predicted molar refractivity (Wildman–Crippen MR) is 157 cm³/mol. The second-order valence-electron chi connectivity index (χ2n) is 10.8. The van der Waals surface area contributed by atoms with Crippen LogP contribution in [-0.4, -0.2) is 46.7 Å². The topological polar surface area (TPSA) is 76.5 Å². The number of fused-ring (bicyclic) bond motifs is 1. The molecule has 39 heavy (non-hydrogen) atoms. The van der Waals surface area contributed by atoms with Gasteiger partial charge in [-0.1, -0.05) is 70.9 Å². The number of methoxy groups -OCH3 is 1. The summed E-state index contributed by atoms with van der Waals surface area (Å²) in [6.45, 7) is 8.83. The Morgan fingerprint density at radius 3 is 2.33 bits per heavy atom. The third kappa shape index (κ3) is 6.85. The van der Waals surface area contributed by atoms with Gasteiger partial charge in [-0.25, -0.2) is 4.68 Å². The van der Waals surface area contributed by atoms with E-state index in [1.165, 1.54) is 0 Å². The van der Waals surface area contributed by atoms with Gasteiger partial charge in [-0.15, -0.1) is 0 Å². The highest BCUT2D eigenvalue weighted by Crippen LogP contribution is 2.27. The fourth-order valence-electron chi connectivity index (χ4n) is 4.42. The third-order valence-electron chi connectivity index (χ3n) is 6.71. The number of carbonyl (C=O) groups excluding carboxylic acids is 2.